The molecule has 0 aromatic heterocycles. The van der Waals surface area contributed by atoms with Crippen molar-refractivity contribution in [2.24, 2.45) is 0 Å². The van der Waals surface area contributed by atoms with E-state index < -0.39 is 10.0 Å². The van der Waals surface area contributed by atoms with E-state index >= 15 is 0 Å². The van der Waals surface area contributed by atoms with E-state index in [2.05, 4.69) is 5.32 Å². The number of rotatable bonds is 8. The van der Waals surface area contributed by atoms with Crippen molar-refractivity contribution >= 4 is 27.4 Å². The summed E-state index contributed by atoms with van der Waals surface area (Å²) < 4.78 is 25.5. The Kier molecular flexibility index (Phi) is 6.74. The fourth-order valence-electron chi connectivity index (χ4n) is 2.71. The van der Waals surface area contributed by atoms with Crippen LogP contribution in [0.2, 0.25) is 0 Å². The molecule has 2 rings (SSSR count). The van der Waals surface area contributed by atoms with E-state index in [9.17, 15) is 18.0 Å². The Balaban J connectivity index is 2.08. The number of benzene rings is 2. The second-order valence-corrected chi connectivity index (χ2v) is 8.30. The lowest BCUT2D eigenvalue weighted by Gasteiger charge is -2.23. The highest BCUT2D eigenvalue weighted by Gasteiger charge is 2.20. The van der Waals surface area contributed by atoms with Crippen LogP contribution in [0.5, 0.6) is 0 Å². The van der Waals surface area contributed by atoms with Crippen LogP contribution in [-0.4, -0.2) is 32.9 Å². The van der Waals surface area contributed by atoms with E-state index in [4.69, 9.17) is 0 Å². The van der Waals surface area contributed by atoms with Crippen molar-refractivity contribution in [1.29, 1.82) is 0 Å². The Morgan fingerprint density at radius 1 is 1.07 bits per heavy atom. The average molecular weight is 388 g/mol. The number of nitrogens with one attached hydrogen (secondary N) is 1. The number of carbonyl (C=O) groups is 2. The normalized spacial score (nSPS) is 12.3. The van der Waals surface area contributed by atoms with Gasteiger partial charge in [0.15, 0.2) is 5.78 Å². The van der Waals surface area contributed by atoms with Gasteiger partial charge in [-0.2, -0.15) is 0 Å². The molecular formula is C20H24N2O4S. The lowest BCUT2D eigenvalue weighted by molar-refractivity contribution is -0.121. The van der Waals surface area contributed by atoms with Gasteiger partial charge >= 0.3 is 0 Å². The smallest absolute Gasteiger partial charge is 0.232 e. The first-order valence-corrected chi connectivity index (χ1v) is 10.5. The molecule has 0 aliphatic carbocycles. The molecule has 6 nitrogen and oxygen atoms in total. The predicted octanol–water partition coefficient (Wildman–Crippen LogP) is 2.92. The van der Waals surface area contributed by atoms with E-state index in [-0.39, 0.29) is 30.7 Å². The second kappa shape index (κ2) is 8.81. The highest BCUT2D eigenvalue weighted by atomic mass is 32.2. The van der Waals surface area contributed by atoms with Gasteiger partial charge in [-0.3, -0.25) is 13.9 Å². The SMILES string of the molecule is CC(=O)c1cccc(N(CCC(=O)NC(C)c2ccccc2)S(C)(=O)=O)c1. The van der Waals surface area contributed by atoms with Crippen LogP contribution in [0.1, 0.15) is 42.2 Å². The minimum atomic E-state index is -3.59. The van der Waals surface area contributed by atoms with E-state index in [0.717, 1.165) is 16.1 Å². The number of Topliss-reactive ketones (excluding diaryl/α,β-unsaturated/α-hetero) is 1. The topological polar surface area (TPSA) is 83.6 Å². The van der Waals surface area contributed by atoms with Gasteiger partial charge in [-0.05, 0) is 31.5 Å². The number of amides is 1. The Labute approximate surface area is 160 Å². The number of ketones is 1. The predicted molar refractivity (Wildman–Crippen MR) is 106 cm³/mol. The van der Waals surface area contributed by atoms with Crippen molar-refractivity contribution in [1.82, 2.24) is 5.32 Å². The summed E-state index contributed by atoms with van der Waals surface area (Å²) in [5, 5.41) is 2.87. The maximum atomic E-state index is 12.3. The zero-order chi connectivity index (χ0) is 20.0. The molecule has 0 fully saturated rings. The summed E-state index contributed by atoms with van der Waals surface area (Å²) in [6.07, 6.45) is 1.09. The molecule has 1 amide bonds. The lowest BCUT2D eigenvalue weighted by Crippen LogP contribution is -2.35. The molecule has 0 heterocycles. The van der Waals surface area contributed by atoms with Crippen molar-refractivity contribution in [2.45, 2.75) is 26.3 Å². The zero-order valence-electron chi connectivity index (χ0n) is 15.7. The molecular weight excluding hydrogens is 364 g/mol. The lowest BCUT2D eigenvalue weighted by atomic mass is 10.1. The van der Waals surface area contributed by atoms with Crippen molar-refractivity contribution in [3.63, 3.8) is 0 Å². The van der Waals surface area contributed by atoms with Gasteiger partial charge in [-0.15, -0.1) is 0 Å². The fraction of sp³-hybridized carbons (Fsp3) is 0.300. The molecule has 7 heteroatoms. The van der Waals surface area contributed by atoms with Gasteiger partial charge in [0, 0.05) is 18.5 Å². The summed E-state index contributed by atoms with van der Waals surface area (Å²) in [7, 11) is -3.59. The first-order valence-electron chi connectivity index (χ1n) is 8.61. The van der Waals surface area contributed by atoms with E-state index in [1.807, 2.05) is 37.3 Å². The summed E-state index contributed by atoms with van der Waals surface area (Å²) in [6, 6.07) is 15.7. The summed E-state index contributed by atoms with van der Waals surface area (Å²) >= 11 is 0. The summed E-state index contributed by atoms with van der Waals surface area (Å²) in [6.45, 7) is 3.29. The Morgan fingerprint density at radius 2 is 1.74 bits per heavy atom. The van der Waals surface area contributed by atoms with Gasteiger partial charge < -0.3 is 5.32 Å². The molecule has 1 unspecified atom stereocenters. The number of hydrogen-bond acceptors (Lipinski definition) is 4. The van der Waals surface area contributed by atoms with Gasteiger partial charge in [0.25, 0.3) is 0 Å². The minimum absolute atomic E-state index is 0.00641. The first-order chi connectivity index (χ1) is 12.7. The molecule has 2 aromatic rings. The van der Waals surface area contributed by atoms with Gasteiger partial charge in [-0.1, -0.05) is 42.5 Å². The molecule has 0 aliphatic heterocycles. The molecule has 1 N–H and O–H groups in total. The molecule has 0 spiro atoms. The van der Waals surface area contributed by atoms with Gasteiger partial charge in [0.05, 0.1) is 18.0 Å². The van der Waals surface area contributed by atoms with Gasteiger partial charge in [0.1, 0.15) is 0 Å². The third-order valence-electron chi connectivity index (χ3n) is 4.16. The maximum absolute atomic E-state index is 12.3. The number of nitrogens with zero attached hydrogens (tertiary/aromatic N) is 1. The number of anilines is 1. The van der Waals surface area contributed by atoms with Crippen molar-refractivity contribution < 1.29 is 18.0 Å². The third kappa shape index (κ3) is 5.92. The largest absolute Gasteiger partial charge is 0.350 e. The number of sulfonamides is 1. The van der Waals surface area contributed by atoms with Crippen molar-refractivity contribution in [3.8, 4) is 0 Å². The van der Waals surface area contributed by atoms with Crippen LogP contribution in [0.3, 0.4) is 0 Å². The maximum Gasteiger partial charge on any atom is 0.232 e. The van der Waals surface area contributed by atoms with Crippen LogP contribution in [0.4, 0.5) is 5.69 Å². The van der Waals surface area contributed by atoms with Crippen LogP contribution in [0, 0.1) is 0 Å². The first kappa shape index (κ1) is 20.6. The minimum Gasteiger partial charge on any atom is -0.350 e. The van der Waals surface area contributed by atoms with Crippen molar-refractivity contribution in [3.05, 3.63) is 65.7 Å². The quantitative estimate of drug-likeness (QED) is 0.705. The summed E-state index contributed by atoms with van der Waals surface area (Å²) in [4.78, 5) is 23.8. The molecule has 27 heavy (non-hydrogen) atoms. The number of hydrogen-bond donors (Lipinski definition) is 1. The summed E-state index contributed by atoms with van der Waals surface area (Å²) in [5.74, 6) is -0.401. The fourth-order valence-corrected chi connectivity index (χ4v) is 3.63. The van der Waals surface area contributed by atoms with Crippen LogP contribution in [0.25, 0.3) is 0 Å². The summed E-state index contributed by atoms with van der Waals surface area (Å²) in [5.41, 5.74) is 1.76. The van der Waals surface area contributed by atoms with Gasteiger partial charge in [0.2, 0.25) is 15.9 Å². The average Bonchev–Trinajstić information content (AvgIpc) is 2.61. The third-order valence-corrected chi connectivity index (χ3v) is 5.35. The molecule has 0 radical (unpaired) electrons. The highest BCUT2D eigenvalue weighted by molar-refractivity contribution is 7.92. The second-order valence-electron chi connectivity index (χ2n) is 6.39. The van der Waals surface area contributed by atoms with Crippen LogP contribution < -0.4 is 9.62 Å². The monoisotopic (exact) mass is 388 g/mol. The van der Waals surface area contributed by atoms with Crippen LogP contribution in [0.15, 0.2) is 54.6 Å². The molecule has 1 atom stereocenters. The van der Waals surface area contributed by atoms with E-state index in [1.54, 1.807) is 18.2 Å². The number of carbonyl (C=O) groups excluding carboxylic acids is 2. The molecule has 0 bridgehead atoms. The molecule has 144 valence electrons. The Morgan fingerprint density at radius 3 is 2.33 bits per heavy atom. The van der Waals surface area contributed by atoms with Gasteiger partial charge in [-0.25, -0.2) is 8.42 Å². The van der Waals surface area contributed by atoms with Crippen LogP contribution >= 0.6 is 0 Å². The molecule has 0 aliphatic rings. The Bertz CT molecular complexity index is 911. The van der Waals surface area contributed by atoms with E-state index in [1.165, 1.54) is 13.0 Å². The van der Waals surface area contributed by atoms with Crippen molar-refractivity contribution in [2.75, 3.05) is 17.1 Å². The molecule has 2 aromatic carbocycles. The molecule has 0 saturated heterocycles. The van der Waals surface area contributed by atoms with Crippen LogP contribution in [-0.2, 0) is 14.8 Å². The standard InChI is InChI=1S/C20H24N2O4S/c1-15(17-8-5-4-6-9-17)21-20(24)12-13-22(27(3,25)26)19-11-7-10-18(14-19)16(2)23/h4-11,14-15H,12-13H2,1-3H3,(H,21,24). The molecule has 0 saturated carbocycles. The highest BCUT2D eigenvalue weighted by Crippen LogP contribution is 2.20. The van der Waals surface area contributed by atoms with E-state index in [0.29, 0.717) is 11.3 Å². The Hall–Kier alpha value is -2.67. The zero-order valence-corrected chi connectivity index (χ0v) is 16.5.